The van der Waals surface area contributed by atoms with Gasteiger partial charge >= 0.3 is 5.97 Å². The highest BCUT2D eigenvalue weighted by molar-refractivity contribution is 5.95. The number of methoxy groups -OCH3 is 3. The van der Waals surface area contributed by atoms with Gasteiger partial charge in [0, 0.05) is 34.7 Å². The Balaban J connectivity index is 2.19. The molecule has 1 aromatic carbocycles. The van der Waals surface area contributed by atoms with Crippen LogP contribution >= 0.6 is 0 Å². The summed E-state index contributed by atoms with van der Waals surface area (Å²) in [5, 5.41) is 0. The van der Waals surface area contributed by atoms with Gasteiger partial charge in [0.05, 0.1) is 27.9 Å². The SMILES string of the molecule is CCOC(=O)C(=Cc1c(C)c(OC)c(OC)c(C)c1OC)CCCCCCc1cccnc1. The van der Waals surface area contributed by atoms with E-state index in [0.717, 1.165) is 48.8 Å². The van der Waals surface area contributed by atoms with Gasteiger partial charge in [0.15, 0.2) is 11.5 Å². The van der Waals surface area contributed by atoms with E-state index < -0.39 is 0 Å². The third-order valence-corrected chi connectivity index (χ3v) is 5.73. The van der Waals surface area contributed by atoms with E-state index in [1.54, 1.807) is 27.5 Å². The van der Waals surface area contributed by atoms with Crippen LogP contribution in [0.5, 0.6) is 17.2 Å². The molecule has 0 unspecified atom stereocenters. The van der Waals surface area contributed by atoms with Crippen molar-refractivity contribution in [3.8, 4) is 17.2 Å². The summed E-state index contributed by atoms with van der Waals surface area (Å²) in [7, 11) is 4.84. The van der Waals surface area contributed by atoms with E-state index in [9.17, 15) is 4.79 Å². The molecule has 2 rings (SSSR count). The highest BCUT2D eigenvalue weighted by Crippen LogP contribution is 2.44. The first-order chi connectivity index (χ1) is 16.0. The lowest BCUT2D eigenvalue weighted by molar-refractivity contribution is -0.138. The lowest BCUT2D eigenvalue weighted by atomic mass is 9.96. The molecule has 0 atom stereocenters. The summed E-state index contributed by atoms with van der Waals surface area (Å²) in [6.45, 7) is 6.02. The number of esters is 1. The number of aromatic nitrogens is 1. The standard InChI is InChI=1S/C27H37NO5/c1-7-33-27(29)22(15-11-9-8-10-13-21-14-12-16-28-18-21)17-23-19(2)25(31-5)26(32-6)20(3)24(23)30-4/h12,14,16-18H,7-11,13,15H2,1-6H3. The number of hydrogen-bond donors (Lipinski definition) is 0. The first-order valence-electron chi connectivity index (χ1n) is 11.5. The van der Waals surface area contributed by atoms with E-state index in [-0.39, 0.29) is 5.97 Å². The molecule has 0 spiro atoms. The van der Waals surface area contributed by atoms with E-state index >= 15 is 0 Å². The van der Waals surface area contributed by atoms with Gasteiger partial charge in [-0.3, -0.25) is 4.98 Å². The lowest BCUT2D eigenvalue weighted by Gasteiger charge is -2.20. The second kappa shape index (κ2) is 13.5. The second-order valence-electron chi connectivity index (χ2n) is 7.93. The molecule has 0 aliphatic rings. The van der Waals surface area contributed by atoms with Crippen molar-refractivity contribution in [2.45, 2.75) is 59.3 Å². The van der Waals surface area contributed by atoms with E-state index in [1.165, 1.54) is 5.56 Å². The molecule has 0 radical (unpaired) electrons. The number of nitrogens with zero attached hydrogens (tertiary/aromatic N) is 1. The monoisotopic (exact) mass is 455 g/mol. The summed E-state index contributed by atoms with van der Waals surface area (Å²) in [4.78, 5) is 16.9. The van der Waals surface area contributed by atoms with Crippen molar-refractivity contribution in [1.29, 1.82) is 0 Å². The minimum absolute atomic E-state index is 0.290. The van der Waals surface area contributed by atoms with Crippen molar-refractivity contribution >= 4 is 12.0 Å². The molecule has 33 heavy (non-hydrogen) atoms. The summed E-state index contributed by atoms with van der Waals surface area (Å²) in [6, 6.07) is 4.08. The minimum atomic E-state index is -0.290. The Kier molecular flexibility index (Phi) is 10.7. The molecule has 0 aliphatic carbocycles. The summed E-state index contributed by atoms with van der Waals surface area (Å²) in [5.74, 6) is 1.65. The van der Waals surface area contributed by atoms with Crippen LogP contribution in [0.15, 0.2) is 30.1 Å². The van der Waals surface area contributed by atoms with Crippen molar-refractivity contribution in [3.05, 3.63) is 52.4 Å². The highest BCUT2D eigenvalue weighted by atomic mass is 16.5. The van der Waals surface area contributed by atoms with Crippen LogP contribution in [0.4, 0.5) is 0 Å². The average Bonchev–Trinajstić information content (AvgIpc) is 2.82. The number of unbranched alkanes of at least 4 members (excludes halogenated alkanes) is 3. The van der Waals surface area contributed by atoms with Crippen LogP contribution < -0.4 is 14.2 Å². The van der Waals surface area contributed by atoms with Crippen LogP contribution in [0.2, 0.25) is 0 Å². The van der Waals surface area contributed by atoms with Gasteiger partial charge in [0.1, 0.15) is 5.75 Å². The Morgan fingerprint density at radius 2 is 1.61 bits per heavy atom. The highest BCUT2D eigenvalue weighted by Gasteiger charge is 2.22. The van der Waals surface area contributed by atoms with Crippen LogP contribution in [0.25, 0.3) is 6.08 Å². The first kappa shape index (κ1) is 26.2. The molecule has 0 fully saturated rings. The van der Waals surface area contributed by atoms with E-state index in [4.69, 9.17) is 18.9 Å². The molecule has 0 bridgehead atoms. The van der Waals surface area contributed by atoms with Crippen molar-refractivity contribution in [3.63, 3.8) is 0 Å². The molecule has 2 aromatic rings. The summed E-state index contributed by atoms with van der Waals surface area (Å²) in [5.41, 5.74) is 4.39. The fraction of sp³-hybridized carbons (Fsp3) is 0.481. The Morgan fingerprint density at radius 3 is 2.21 bits per heavy atom. The molecule has 1 aromatic heterocycles. The van der Waals surface area contributed by atoms with Crippen molar-refractivity contribution in [2.24, 2.45) is 0 Å². The zero-order chi connectivity index (χ0) is 24.2. The molecule has 1 heterocycles. The predicted molar refractivity (Wildman–Crippen MR) is 131 cm³/mol. The molecule has 6 nitrogen and oxygen atoms in total. The van der Waals surface area contributed by atoms with Crippen molar-refractivity contribution < 1.29 is 23.7 Å². The number of carbonyl (C=O) groups is 1. The maximum atomic E-state index is 12.7. The molecule has 0 saturated heterocycles. The Hall–Kier alpha value is -3.02. The zero-order valence-electron chi connectivity index (χ0n) is 20.8. The molecule has 6 heteroatoms. The van der Waals surface area contributed by atoms with Crippen molar-refractivity contribution in [1.82, 2.24) is 4.98 Å². The van der Waals surface area contributed by atoms with Gasteiger partial charge in [-0.2, -0.15) is 0 Å². The number of benzene rings is 1. The van der Waals surface area contributed by atoms with Gasteiger partial charge in [0.2, 0.25) is 0 Å². The predicted octanol–water partition coefficient (Wildman–Crippen LogP) is 5.86. The summed E-state index contributed by atoms with van der Waals surface area (Å²) >= 11 is 0. The third kappa shape index (κ3) is 6.98. The maximum Gasteiger partial charge on any atom is 0.334 e. The van der Waals surface area contributed by atoms with Crippen LogP contribution in [0.3, 0.4) is 0 Å². The van der Waals surface area contributed by atoms with Crippen LogP contribution in [-0.4, -0.2) is 38.9 Å². The summed E-state index contributed by atoms with van der Waals surface area (Å²) in [6.07, 6.45) is 11.4. The van der Waals surface area contributed by atoms with Crippen LogP contribution in [-0.2, 0) is 16.0 Å². The van der Waals surface area contributed by atoms with Crippen molar-refractivity contribution in [2.75, 3.05) is 27.9 Å². The van der Waals surface area contributed by atoms with Gasteiger partial charge in [-0.15, -0.1) is 0 Å². The van der Waals surface area contributed by atoms with Gasteiger partial charge in [-0.1, -0.05) is 18.9 Å². The minimum Gasteiger partial charge on any atom is -0.496 e. The van der Waals surface area contributed by atoms with E-state index in [2.05, 4.69) is 11.1 Å². The molecular formula is C27H37NO5. The van der Waals surface area contributed by atoms with Crippen LogP contribution in [0.1, 0.15) is 61.3 Å². The van der Waals surface area contributed by atoms with Gasteiger partial charge in [-0.05, 0) is 64.2 Å². The van der Waals surface area contributed by atoms with Crippen LogP contribution in [0, 0.1) is 13.8 Å². The Labute approximate surface area is 197 Å². The Morgan fingerprint density at radius 1 is 0.939 bits per heavy atom. The first-order valence-corrected chi connectivity index (χ1v) is 11.5. The molecule has 0 aliphatic heterocycles. The zero-order valence-corrected chi connectivity index (χ0v) is 20.8. The number of pyridine rings is 1. The van der Waals surface area contributed by atoms with Gasteiger partial charge in [0.25, 0.3) is 0 Å². The van der Waals surface area contributed by atoms with E-state index in [1.807, 2.05) is 39.1 Å². The fourth-order valence-corrected chi connectivity index (χ4v) is 4.04. The Bertz CT molecular complexity index is 938. The maximum absolute atomic E-state index is 12.7. The number of hydrogen-bond acceptors (Lipinski definition) is 6. The number of rotatable bonds is 13. The van der Waals surface area contributed by atoms with Gasteiger partial charge in [-0.25, -0.2) is 4.79 Å². The normalized spacial score (nSPS) is 11.3. The second-order valence-corrected chi connectivity index (χ2v) is 7.93. The quantitative estimate of drug-likeness (QED) is 0.214. The third-order valence-electron chi connectivity index (χ3n) is 5.73. The van der Waals surface area contributed by atoms with E-state index in [0.29, 0.717) is 35.8 Å². The molecule has 0 saturated carbocycles. The topological polar surface area (TPSA) is 66.9 Å². The number of carbonyl (C=O) groups excluding carboxylic acids is 1. The fourth-order valence-electron chi connectivity index (χ4n) is 4.04. The largest absolute Gasteiger partial charge is 0.496 e. The molecular weight excluding hydrogens is 418 g/mol. The molecule has 0 amide bonds. The molecule has 180 valence electrons. The summed E-state index contributed by atoms with van der Waals surface area (Å²) < 4.78 is 22.2. The average molecular weight is 456 g/mol. The molecule has 0 N–H and O–H groups in total. The lowest BCUT2D eigenvalue weighted by Crippen LogP contribution is -2.09. The number of ether oxygens (including phenoxy) is 4. The smallest absolute Gasteiger partial charge is 0.334 e. The number of aryl methyl sites for hydroxylation is 1. The van der Waals surface area contributed by atoms with Gasteiger partial charge < -0.3 is 18.9 Å².